The predicted molar refractivity (Wildman–Crippen MR) is 71.4 cm³/mol. The Hall–Kier alpha value is -2.01. The Morgan fingerprint density at radius 3 is 2.20 bits per heavy atom. The van der Waals surface area contributed by atoms with Crippen LogP contribution in [-0.4, -0.2) is 44.1 Å². The van der Waals surface area contributed by atoms with E-state index in [1.165, 1.54) is 20.8 Å². The van der Waals surface area contributed by atoms with Gasteiger partial charge in [-0.25, -0.2) is 4.79 Å². The van der Waals surface area contributed by atoms with Crippen LogP contribution >= 0.6 is 0 Å². The number of amides is 1. The largest absolute Gasteiger partial charge is 0.451 e. The summed E-state index contributed by atoms with van der Waals surface area (Å²) in [6, 6.07) is -1.74. The molecule has 1 aliphatic heterocycles. The van der Waals surface area contributed by atoms with Gasteiger partial charge in [0.1, 0.15) is 11.6 Å². The van der Waals surface area contributed by atoms with Gasteiger partial charge in [0.2, 0.25) is 5.82 Å². The normalized spacial score (nSPS) is 18.9. The number of rotatable bonds is 1. The first-order valence-corrected chi connectivity index (χ1v) is 7.26. The Labute approximate surface area is 138 Å². The molecular formula is C13H16F6N4O2. The van der Waals surface area contributed by atoms with Crippen LogP contribution in [-0.2, 0) is 17.5 Å². The van der Waals surface area contributed by atoms with Crippen molar-refractivity contribution in [3.63, 3.8) is 0 Å². The van der Waals surface area contributed by atoms with Crippen LogP contribution in [0.25, 0.3) is 0 Å². The van der Waals surface area contributed by atoms with Crippen molar-refractivity contribution in [1.29, 1.82) is 0 Å². The summed E-state index contributed by atoms with van der Waals surface area (Å²) in [7, 11) is 0. The van der Waals surface area contributed by atoms with Crippen LogP contribution in [0.5, 0.6) is 0 Å². The number of halogens is 6. The lowest BCUT2D eigenvalue weighted by molar-refractivity contribution is -0.152. The zero-order valence-corrected chi connectivity index (χ0v) is 13.6. The molecule has 1 amide bonds. The van der Waals surface area contributed by atoms with E-state index >= 15 is 0 Å². The molecule has 1 atom stereocenters. The van der Waals surface area contributed by atoms with Crippen LogP contribution < -0.4 is 0 Å². The van der Waals surface area contributed by atoms with Crippen LogP contribution in [0.3, 0.4) is 0 Å². The fourth-order valence-corrected chi connectivity index (χ4v) is 2.45. The van der Waals surface area contributed by atoms with Crippen molar-refractivity contribution < 1.29 is 35.9 Å². The highest BCUT2D eigenvalue weighted by molar-refractivity contribution is 5.69. The molecule has 0 radical (unpaired) electrons. The van der Waals surface area contributed by atoms with Gasteiger partial charge in [0, 0.05) is 13.1 Å². The molecule has 12 heteroatoms. The van der Waals surface area contributed by atoms with E-state index in [0.717, 1.165) is 4.90 Å². The van der Waals surface area contributed by atoms with Crippen molar-refractivity contribution in [3.05, 3.63) is 11.6 Å². The van der Waals surface area contributed by atoms with E-state index in [1.54, 1.807) is 0 Å². The molecule has 0 fully saturated rings. The molecule has 1 aliphatic rings. The molecule has 0 aromatic carbocycles. The zero-order chi connectivity index (χ0) is 19.2. The minimum atomic E-state index is -4.86. The van der Waals surface area contributed by atoms with E-state index in [1.807, 2.05) is 0 Å². The number of hydrogen-bond acceptors (Lipinski definition) is 4. The molecule has 0 bridgehead atoms. The highest BCUT2D eigenvalue weighted by atomic mass is 19.4. The molecule has 1 aromatic rings. The Balaban J connectivity index is 2.41. The summed E-state index contributed by atoms with van der Waals surface area (Å²) in [5, 5.41) is 6.22. The second-order valence-corrected chi connectivity index (χ2v) is 6.54. The smallest absolute Gasteiger partial charge is 0.444 e. The number of nitrogens with zero attached hydrogens (tertiary/aromatic N) is 4. The Morgan fingerprint density at radius 2 is 1.72 bits per heavy atom. The van der Waals surface area contributed by atoms with E-state index in [-0.39, 0.29) is 13.1 Å². The number of carbonyl (C=O) groups excluding carboxylic acids is 1. The van der Waals surface area contributed by atoms with Crippen LogP contribution in [0.4, 0.5) is 31.1 Å². The number of carbonyl (C=O) groups is 1. The summed E-state index contributed by atoms with van der Waals surface area (Å²) in [4.78, 5) is 12.9. The molecule has 1 aromatic heterocycles. The monoisotopic (exact) mass is 374 g/mol. The summed E-state index contributed by atoms with van der Waals surface area (Å²) in [6.45, 7) is 3.81. The van der Waals surface area contributed by atoms with Gasteiger partial charge in [-0.15, -0.1) is 10.2 Å². The zero-order valence-electron chi connectivity index (χ0n) is 13.6. The van der Waals surface area contributed by atoms with Crippen molar-refractivity contribution in [2.75, 3.05) is 6.54 Å². The lowest BCUT2D eigenvalue weighted by atomic mass is 10.1. The number of aromatic nitrogens is 3. The topological polar surface area (TPSA) is 60.2 Å². The minimum absolute atomic E-state index is 0.384. The average molecular weight is 374 g/mol. The van der Waals surface area contributed by atoms with Crippen molar-refractivity contribution in [2.45, 2.75) is 57.7 Å². The van der Waals surface area contributed by atoms with E-state index in [0.29, 0.717) is 4.57 Å². The Kier molecular flexibility index (Phi) is 4.68. The predicted octanol–water partition coefficient (Wildman–Crippen LogP) is 3.54. The molecule has 25 heavy (non-hydrogen) atoms. The molecule has 2 heterocycles. The van der Waals surface area contributed by atoms with Gasteiger partial charge in [-0.05, 0) is 20.8 Å². The first-order chi connectivity index (χ1) is 11.2. The maximum absolute atomic E-state index is 12.9. The van der Waals surface area contributed by atoms with Gasteiger partial charge in [0.05, 0.1) is 6.42 Å². The van der Waals surface area contributed by atoms with Crippen LogP contribution in [0.15, 0.2) is 0 Å². The first-order valence-electron chi connectivity index (χ1n) is 7.26. The second kappa shape index (κ2) is 6.06. The number of hydrogen-bond donors (Lipinski definition) is 0. The summed E-state index contributed by atoms with van der Waals surface area (Å²) < 4.78 is 83.0. The lowest BCUT2D eigenvalue weighted by Crippen LogP contribution is -2.46. The summed E-state index contributed by atoms with van der Waals surface area (Å²) in [6.07, 6.45) is -12.2. The quantitative estimate of drug-likeness (QED) is 0.706. The van der Waals surface area contributed by atoms with E-state index in [9.17, 15) is 31.1 Å². The standard InChI is InChI=1S/C13H16F6N4O2/c1-11(2,3)25-10(24)22-4-5-23-8(7(22)6-12(14,15)16)20-21-9(23)13(17,18)19/h7H,4-6H2,1-3H3. The third-order valence-corrected chi connectivity index (χ3v) is 3.32. The lowest BCUT2D eigenvalue weighted by Gasteiger charge is -2.37. The highest BCUT2D eigenvalue weighted by Gasteiger charge is 2.46. The number of fused-ring (bicyclic) bond motifs is 1. The van der Waals surface area contributed by atoms with Gasteiger partial charge in [0.15, 0.2) is 5.82 Å². The van der Waals surface area contributed by atoms with E-state index < -0.39 is 48.2 Å². The van der Waals surface area contributed by atoms with Crippen LogP contribution in [0, 0.1) is 0 Å². The van der Waals surface area contributed by atoms with Gasteiger partial charge in [-0.2, -0.15) is 26.3 Å². The minimum Gasteiger partial charge on any atom is -0.444 e. The van der Waals surface area contributed by atoms with Gasteiger partial charge in [-0.3, -0.25) is 4.90 Å². The van der Waals surface area contributed by atoms with Gasteiger partial charge >= 0.3 is 18.4 Å². The molecule has 0 saturated carbocycles. The molecule has 0 N–H and O–H groups in total. The number of ether oxygens (including phenoxy) is 1. The SMILES string of the molecule is CC(C)(C)OC(=O)N1CCn2c(nnc2C(F)(F)F)C1CC(F)(F)F. The van der Waals surface area contributed by atoms with Crippen LogP contribution in [0.1, 0.15) is 44.9 Å². The van der Waals surface area contributed by atoms with Gasteiger partial charge in [0.25, 0.3) is 0 Å². The summed E-state index contributed by atoms with van der Waals surface area (Å²) in [5.74, 6) is -1.96. The molecule has 2 rings (SSSR count). The first kappa shape index (κ1) is 19.3. The molecule has 1 unspecified atom stereocenters. The highest BCUT2D eigenvalue weighted by Crippen LogP contribution is 2.38. The van der Waals surface area contributed by atoms with Crippen molar-refractivity contribution in [3.8, 4) is 0 Å². The third kappa shape index (κ3) is 4.54. The van der Waals surface area contributed by atoms with Crippen LogP contribution in [0.2, 0.25) is 0 Å². The Morgan fingerprint density at radius 1 is 1.12 bits per heavy atom. The Bertz CT molecular complexity index is 646. The second-order valence-electron chi connectivity index (χ2n) is 6.54. The van der Waals surface area contributed by atoms with Crippen molar-refractivity contribution >= 4 is 6.09 Å². The average Bonchev–Trinajstić information content (AvgIpc) is 2.78. The maximum Gasteiger partial charge on any atom is 0.451 e. The maximum atomic E-state index is 12.9. The van der Waals surface area contributed by atoms with Crippen molar-refractivity contribution in [2.24, 2.45) is 0 Å². The van der Waals surface area contributed by atoms with E-state index in [2.05, 4.69) is 10.2 Å². The fraction of sp³-hybridized carbons (Fsp3) is 0.769. The third-order valence-electron chi connectivity index (χ3n) is 3.32. The van der Waals surface area contributed by atoms with Gasteiger partial charge < -0.3 is 9.30 Å². The van der Waals surface area contributed by atoms with Crippen molar-refractivity contribution in [1.82, 2.24) is 19.7 Å². The fourth-order valence-electron chi connectivity index (χ4n) is 2.45. The molecule has 0 saturated heterocycles. The molecular weight excluding hydrogens is 358 g/mol. The number of alkyl halides is 6. The summed E-state index contributed by atoms with van der Waals surface area (Å²) >= 11 is 0. The molecule has 6 nitrogen and oxygen atoms in total. The summed E-state index contributed by atoms with van der Waals surface area (Å²) in [5.41, 5.74) is -0.970. The van der Waals surface area contributed by atoms with E-state index in [4.69, 9.17) is 4.74 Å². The molecule has 0 spiro atoms. The molecule has 142 valence electrons. The van der Waals surface area contributed by atoms with Gasteiger partial charge in [-0.1, -0.05) is 0 Å². The molecule has 0 aliphatic carbocycles.